The van der Waals surface area contributed by atoms with Crippen LogP contribution >= 0.6 is 11.6 Å². The van der Waals surface area contributed by atoms with Crippen LogP contribution in [0.3, 0.4) is 0 Å². The molecule has 5 heteroatoms. The van der Waals surface area contributed by atoms with Crippen molar-refractivity contribution in [1.82, 2.24) is 4.57 Å². The number of rotatable bonds is 5. The second-order valence-electron chi connectivity index (χ2n) is 4.16. The zero-order valence-corrected chi connectivity index (χ0v) is 11.0. The minimum absolute atomic E-state index is 0.170. The molecule has 100 valence electrons. The number of benzene rings is 1. The van der Waals surface area contributed by atoms with Crippen LogP contribution in [0.4, 0.5) is 0 Å². The van der Waals surface area contributed by atoms with Gasteiger partial charge in [-0.2, -0.15) is 0 Å². The third-order valence-electron chi connectivity index (χ3n) is 2.60. The van der Waals surface area contributed by atoms with Crippen molar-refractivity contribution in [3.05, 3.63) is 59.2 Å². The molecular formula is C14H15ClN2O2. The summed E-state index contributed by atoms with van der Waals surface area (Å²) < 4.78 is 7.11. The molecule has 0 amide bonds. The van der Waals surface area contributed by atoms with E-state index in [-0.39, 0.29) is 6.61 Å². The summed E-state index contributed by atoms with van der Waals surface area (Å²) in [5.41, 5.74) is 0.355. The molecule has 0 saturated carbocycles. The van der Waals surface area contributed by atoms with Crippen molar-refractivity contribution in [1.29, 1.82) is 5.41 Å². The summed E-state index contributed by atoms with van der Waals surface area (Å²) in [4.78, 5) is 0. The van der Waals surface area contributed by atoms with Crippen molar-refractivity contribution in [2.45, 2.75) is 12.6 Å². The molecule has 19 heavy (non-hydrogen) atoms. The molecule has 2 rings (SSSR count). The van der Waals surface area contributed by atoms with Gasteiger partial charge in [-0.15, -0.1) is 0 Å². The molecule has 4 nitrogen and oxygen atoms in total. The van der Waals surface area contributed by atoms with Crippen LogP contribution in [-0.2, 0) is 6.54 Å². The van der Waals surface area contributed by atoms with Gasteiger partial charge in [0.1, 0.15) is 23.9 Å². The molecule has 1 aromatic heterocycles. The Balaban J connectivity index is 1.88. The number of aromatic nitrogens is 1. The number of halogens is 1. The second kappa shape index (κ2) is 6.41. The highest BCUT2D eigenvalue weighted by Gasteiger charge is 2.06. The Morgan fingerprint density at radius 1 is 1.21 bits per heavy atom. The van der Waals surface area contributed by atoms with E-state index in [2.05, 4.69) is 0 Å². The molecule has 0 spiro atoms. The number of aliphatic hydroxyl groups is 1. The third kappa shape index (κ3) is 4.12. The molecule has 1 atom stereocenters. The van der Waals surface area contributed by atoms with E-state index >= 15 is 0 Å². The first-order valence-electron chi connectivity index (χ1n) is 5.91. The normalized spacial score (nSPS) is 12.1. The van der Waals surface area contributed by atoms with Gasteiger partial charge in [-0.05, 0) is 36.4 Å². The summed E-state index contributed by atoms with van der Waals surface area (Å²) >= 11 is 5.77. The van der Waals surface area contributed by atoms with E-state index in [0.717, 1.165) is 0 Å². The average molecular weight is 279 g/mol. The minimum Gasteiger partial charge on any atom is -0.491 e. The van der Waals surface area contributed by atoms with Crippen molar-refractivity contribution >= 4 is 11.6 Å². The van der Waals surface area contributed by atoms with Gasteiger partial charge in [0.15, 0.2) is 0 Å². The van der Waals surface area contributed by atoms with Crippen molar-refractivity contribution in [3.63, 3.8) is 0 Å². The van der Waals surface area contributed by atoms with Crippen LogP contribution in [0, 0.1) is 5.41 Å². The van der Waals surface area contributed by atoms with Crippen LogP contribution in [0.2, 0.25) is 5.02 Å². The smallest absolute Gasteiger partial charge is 0.124 e. The molecule has 0 aliphatic rings. The van der Waals surface area contributed by atoms with Crippen LogP contribution in [0.5, 0.6) is 5.75 Å². The molecule has 0 bridgehead atoms. The summed E-state index contributed by atoms with van der Waals surface area (Å²) in [6, 6.07) is 12.3. The first-order chi connectivity index (χ1) is 9.15. The Morgan fingerprint density at radius 2 is 1.95 bits per heavy atom. The predicted molar refractivity (Wildman–Crippen MR) is 73.2 cm³/mol. The maximum absolute atomic E-state index is 9.89. The summed E-state index contributed by atoms with van der Waals surface area (Å²) in [6.07, 6.45) is 1.08. The molecule has 0 radical (unpaired) electrons. The van der Waals surface area contributed by atoms with Gasteiger partial charge in [-0.3, -0.25) is 5.41 Å². The molecule has 0 aliphatic carbocycles. The first kappa shape index (κ1) is 13.6. The largest absolute Gasteiger partial charge is 0.491 e. The highest BCUT2D eigenvalue weighted by molar-refractivity contribution is 6.30. The van der Waals surface area contributed by atoms with Crippen LogP contribution in [0.25, 0.3) is 0 Å². The monoisotopic (exact) mass is 278 g/mol. The van der Waals surface area contributed by atoms with E-state index in [4.69, 9.17) is 21.7 Å². The molecule has 0 unspecified atom stereocenters. The molecule has 0 aliphatic heterocycles. The van der Waals surface area contributed by atoms with Crippen LogP contribution < -0.4 is 10.2 Å². The molecule has 0 saturated heterocycles. The number of aliphatic hydroxyl groups excluding tert-OH is 1. The molecule has 2 N–H and O–H groups in total. The molecule has 0 fully saturated rings. The Hall–Kier alpha value is -1.78. The summed E-state index contributed by atoms with van der Waals surface area (Å²) in [7, 11) is 0. The SMILES string of the molecule is N=c1ccccn1C[C@@H](O)COc1ccc(Cl)cc1. The van der Waals surface area contributed by atoms with E-state index < -0.39 is 6.10 Å². The first-order valence-corrected chi connectivity index (χ1v) is 6.29. The zero-order chi connectivity index (χ0) is 13.7. The minimum atomic E-state index is -0.674. The molecular weight excluding hydrogens is 264 g/mol. The van der Waals surface area contributed by atoms with Gasteiger partial charge >= 0.3 is 0 Å². The maximum atomic E-state index is 9.89. The van der Waals surface area contributed by atoms with E-state index in [9.17, 15) is 5.11 Å². The van der Waals surface area contributed by atoms with Gasteiger partial charge in [-0.1, -0.05) is 17.7 Å². The van der Waals surface area contributed by atoms with Crippen molar-refractivity contribution < 1.29 is 9.84 Å². The van der Waals surface area contributed by atoms with Crippen molar-refractivity contribution in [2.24, 2.45) is 0 Å². The predicted octanol–water partition coefficient (Wildman–Crippen LogP) is 2.06. The van der Waals surface area contributed by atoms with Gasteiger partial charge in [-0.25, -0.2) is 0 Å². The quantitative estimate of drug-likeness (QED) is 0.879. The Morgan fingerprint density at radius 3 is 2.63 bits per heavy atom. The van der Waals surface area contributed by atoms with Gasteiger partial charge in [0.05, 0.1) is 6.54 Å². The lowest BCUT2D eigenvalue weighted by Gasteiger charge is -2.14. The lowest BCUT2D eigenvalue weighted by molar-refractivity contribution is 0.0913. The van der Waals surface area contributed by atoms with Crippen LogP contribution in [0.15, 0.2) is 48.7 Å². The van der Waals surface area contributed by atoms with Gasteiger partial charge in [0.25, 0.3) is 0 Å². The summed E-state index contributed by atoms with van der Waals surface area (Å²) in [5, 5.41) is 18.2. The van der Waals surface area contributed by atoms with Crippen molar-refractivity contribution in [2.75, 3.05) is 6.61 Å². The van der Waals surface area contributed by atoms with Gasteiger partial charge < -0.3 is 14.4 Å². The second-order valence-corrected chi connectivity index (χ2v) is 4.59. The Kier molecular flexibility index (Phi) is 4.60. The number of ether oxygens (including phenoxy) is 1. The van der Waals surface area contributed by atoms with Crippen LogP contribution in [0.1, 0.15) is 0 Å². The highest BCUT2D eigenvalue weighted by Crippen LogP contribution is 2.15. The summed E-state index contributed by atoms with van der Waals surface area (Å²) in [6.45, 7) is 0.496. The number of nitrogens with one attached hydrogen (secondary N) is 1. The topological polar surface area (TPSA) is 58.2 Å². The van der Waals surface area contributed by atoms with E-state index in [1.54, 1.807) is 47.2 Å². The van der Waals surface area contributed by atoms with E-state index in [1.807, 2.05) is 6.07 Å². The van der Waals surface area contributed by atoms with E-state index in [1.165, 1.54) is 0 Å². The van der Waals surface area contributed by atoms with Gasteiger partial charge in [0, 0.05) is 11.2 Å². The lowest BCUT2D eigenvalue weighted by atomic mass is 10.3. The van der Waals surface area contributed by atoms with Gasteiger partial charge in [0.2, 0.25) is 0 Å². The fourth-order valence-electron chi connectivity index (χ4n) is 1.64. The Bertz CT molecular complexity index is 580. The van der Waals surface area contributed by atoms with E-state index in [0.29, 0.717) is 22.8 Å². The highest BCUT2D eigenvalue weighted by atomic mass is 35.5. The number of pyridine rings is 1. The number of hydrogen-bond acceptors (Lipinski definition) is 3. The Labute approximate surface area is 116 Å². The fourth-order valence-corrected chi connectivity index (χ4v) is 1.76. The number of hydrogen-bond donors (Lipinski definition) is 2. The molecule has 2 aromatic rings. The fraction of sp³-hybridized carbons (Fsp3) is 0.214. The third-order valence-corrected chi connectivity index (χ3v) is 2.86. The zero-order valence-electron chi connectivity index (χ0n) is 10.3. The maximum Gasteiger partial charge on any atom is 0.124 e. The molecule has 1 heterocycles. The van der Waals surface area contributed by atoms with Crippen molar-refractivity contribution in [3.8, 4) is 5.75 Å². The molecule has 1 aromatic carbocycles. The van der Waals surface area contributed by atoms with Crippen LogP contribution in [-0.4, -0.2) is 22.4 Å². The summed E-state index contributed by atoms with van der Waals surface area (Å²) in [5.74, 6) is 0.660. The average Bonchev–Trinajstić information content (AvgIpc) is 2.41. The lowest BCUT2D eigenvalue weighted by Crippen LogP contribution is -2.29. The standard InChI is InChI=1S/C14H15ClN2O2/c15-11-4-6-13(7-5-11)19-10-12(18)9-17-8-2-1-3-14(17)16/h1-8,12,16,18H,9-10H2/t12-/m1/s1. The number of nitrogens with zero attached hydrogens (tertiary/aromatic N) is 1.